The molecule has 3 rings (SSSR count). The van der Waals surface area contributed by atoms with Gasteiger partial charge in [-0.05, 0) is 35.9 Å². The summed E-state index contributed by atoms with van der Waals surface area (Å²) in [5.41, 5.74) is 0.828. The fourth-order valence-corrected chi connectivity index (χ4v) is 2.68. The Labute approximate surface area is 146 Å². The first-order valence-corrected chi connectivity index (χ1v) is 7.97. The molecule has 3 aromatic rings. The number of methoxy groups -OCH3 is 1. The highest BCUT2D eigenvalue weighted by Gasteiger charge is 2.12. The average molecular weight is 359 g/mol. The molecule has 25 heavy (non-hydrogen) atoms. The third kappa shape index (κ3) is 4.10. The zero-order chi connectivity index (χ0) is 17.8. The molecule has 1 heterocycles. The fraction of sp³-hybridized carbons (Fsp3) is 0.118. The van der Waals surface area contributed by atoms with Crippen molar-refractivity contribution in [2.75, 3.05) is 7.11 Å². The van der Waals surface area contributed by atoms with Crippen LogP contribution in [0.3, 0.4) is 0 Å². The minimum Gasteiger partial charge on any atom is -0.545 e. The lowest BCUT2D eigenvalue weighted by Gasteiger charge is -2.10. The van der Waals surface area contributed by atoms with Gasteiger partial charge in [0.05, 0.1) is 13.1 Å². The van der Waals surface area contributed by atoms with Gasteiger partial charge in [0.1, 0.15) is 5.82 Å². The molecule has 0 aliphatic heterocycles. The molecule has 0 atom stereocenters. The molecule has 8 heteroatoms. The van der Waals surface area contributed by atoms with Crippen LogP contribution < -0.4 is 14.6 Å². The van der Waals surface area contributed by atoms with Crippen LogP contribution in [0.25, 0.3) is 0 Å². The maximum atomic E-state index is 12.9. The Morgan fingerprint density at radius 1 is 1.20 bits per heavy atom. The number of rotatable bonds is 6. The van der Waals surface area contributed by atoms with Gasteiger partial charge >= 0.3 is 0 Å². The first kappa shape index (κ1) is 16.8. The third-order valence-corrected chi connectivity index (χ3v) is 3.95. The van der Waals surface area contributed by atoms with E-state index in [0.717, 1.165) is 17.1 Å². The van der Waals surface area contributed by atoms with Crippen LogP contribution in [0, 0.1) is 5.82 Å². The van der Waals surface area contributed by atoms with Gasteiger partial charge in [-0.25, -0.2) is 4.39 Å². The number of carbonyl (C=O) groups is 1. The van der Waals surface area contributed by atoms with E-state index in [1.165, 1.54) is 37.4 Å². The molecule has 0 spiro atoms. The molecule has 0 amide bonds. The van der Waals surface area contributed by atoms with Gasteiger partial charge in [-0.15, -0.1) is 0 Å². The fourth-order valence-electron chi connectivity index (χ4n) is 2.11. The summed E-state index contributed by atoms with van der Waals surface area (Å²) in [5, 5.41) is 11.2. The van der Waals surface area contributed by atoms with Crippen LogP contribution in [-0.4, -0.2) is 22.4 Å². The molecule has 0 saturated heterocycles. The number of hydrogen-bond acceptors (Lipinski definition) is 7. The van der Waals surface area contributed by atoms with Gasteiger partial charge in [0, 0.05) is 23.5 Å². The van der Waals surface area contributed by atoms with Crippen LogP contribution in [0.15, 0.2) is 42.5 Å². The number of benzene rings is 2. The third-order valence-electron chi connectivity index (χ3n) is 3.32. The van der Waals surface area contributed by atoms with Crippen molar-refractivity contribution in [3.63, 3.8) is 0 Å². The first-order chi connectivity index (χ1) is 12.0. The summed E-state index contributed by atoms with van der Waals surface area (Å²) >= 11 is 1.02. The lowest BCUT2D eigenvalue weighted by molar-refractivity contribution is -0.255. The predicted molar refractivity (Wildman–Crippen MR) is 86.5 cm³/mol. The van der Waals surface area contributed by atoms with E-state index in [1.807, 2.05) is 0 Å². The van der Waals surface area contributed by atoms with Gasteiger partial charge in [0.2, 0.25) is 0 Å². The van der Waals surface area contributed by atoms with E-state index in [0.29, 0.717) is 18.0 Å². The summed E-state index contributed by atoms with van der Waals surface area (Å²) in [7, 11) is 1.45. The minimum atomic E-state index is -1.32. The van der Waals surface area contributed by atoms with Crippen molar-refractivity contribution in [1.82, 2.24) is 9.36 Å². The van der Waals surface area contributed by atoms with E-state index < -0.39 is 5.97 Å². The Morgan fingerprint density at radius 2 is 1.96 bits per heavy atom. The maximum Gasteiger partial charge on any atom is 0.298 e. The molecule has 0 N–H and O–H groups in total. The topological polar surface area (TPSA) is 84.4 Å². The van der Waals surface area contributed by atoms with Crippen LogP contribution in [0.5, 0.6) is 16.7 Å². The van der Waals surface area contributed by atoms with E-state index in [1.54, 1.807) is 12.1 Å². The molecule has 0 unspecified atom stereocenters. The van der Waals surface area contributed by atoms with Crippen molar-refractivity contribution in [1.29, 1.82) is 0 Å². The van der Waals surface area contributed by atoms with Crippen molar-refractivity contribution < 1.29 is 23.8 Å². The SMILES string of the molecule is COc1ccc(C(=O)[O-])cc1Oc1nc(Cc2ccc(F)cc2)ns1. The number of aromatic carboxylic acids is 1. The summed E-state index contributed by atoms with van der Waals surface area (Å²) in [6, 6.07) is 10.2. The number of aromatic nitrogens is 2. The van der Waals surface area contributed by atoms with Gasteiger partial charge in [-0.1, -0.05) is 12.1 Å². The number of carbonyl (C=O) groups excluding carboxylic acids is 1. The molecule has 0 bridgehead atoms. The van der Waals surface area contributed by atoms with E-state index >= 15 is 0 Å². The highest BCUT2D eigenvalue weighted by Crippen LogP contribution is 2.33. The van der Waals surface area contributed by atoms with Crippen LogP contribution in [0.2, 0.25) is 0 Å². The van der Waals surface area contributed by atoms with Gasteiger partial charge in [-0.3, -0.25) is 0 Å². The lowest BCUT2D eigenvalue weighted by atomic mass is 10.1. The highest BCUT2D eigenvalue weighted by molar-refractivity contribution is 7.07. The smallest absolute Gasteiger partial charge is 0.298 e. The molecule has 0 aliphatic carbocycles. The number of ether oxygens (including phenoxy) is 2. The van der Waals surface area contributed by atoms with E-state index in [4.69, 9.17) is 9.47 Å². The summed E-state index contributed by atoms with van der Waals surface area (Å²) in [5.74, 6) is -0.545. The van der Waals surface area contributed by atoms with E-state index in [2.05, 4.69) is 9.36 Å². The van der Waals surface area contributed by atoms with Gasteiger partial charge < -0.3 is 19.4 Å². The minimum absolute atomic E-state index is 0.0353. The summed E-state index contributed by atoms with van der Waals surface area (Å²) in [6.45, 7) is 0. The molecule has 128 valence electrons. The first-order valence-electron chi connectivity index (χ1n) is 7.19. The monoisotopic (exact) mass is 359 g/mol. The van der Waals surface area contributed by atoms with Gasteiger partial charge in [0.25, 0.3) is 5.19 Å². The summed E-state index contributed by atoms with van der Waals surface area (Å²) in [6.07, 6.45) is 0.427. The maximum absolute atomic E-state index is 12.9. The molecule has 6 nitrogen and oxygen atoms in total. The number of hydrogen-bond donors (Lipinski definition) is 0. The zero-order valence-corrected chi connectivity index (χ0v) is 13.9. The normalized spacial score (nSPS) is 10.5. The molecule has 0 fully saturated rings. The molecule has 0 aliphatic rings. The summed E-state index contributed by atoms with van der Waals surface area (Å²) in [4.78, 5) is 15.2. The van der Waals surface area contributed by atoms with Crippen LogP contribution >= 0.6 is 11.5 Å². The average Bonchev–Trinajstić information content (AvgIpc) is 3.04. The van der Waals surface area contributed by atoms with Crippen LogP contribution in [0.1, 0.15) is 21.7 Å². The van der Waals surface area contributed by atoms with Crippen molar-refractivity contribution in [2.24, 2.45) is 0 Å². The van der Waals surface area contributed by atoms with Crippen LogP contribution in [0.4, 0.5) is 4.39 Å². The quantitative estimate of drug-likeness (QED) is 0.672. The van der Waals surface area contributed by atoms with Crippen molar-refractivity contribution >= 4 is 17.5 Å². The largest absolute Gasteiger partial charge is 0.545 e. The Kier molecular flexibility index (Phi) is 4.90. The predicted octanol–water partition coefficient (Wildman–Crippen LogP) is 2.43. The number of nitrogens with zero attached hydrogens (tertiary/aromatic N) is 2. The lowest BCUT2D eigenvalue weighted by Crippen LogP contribution is -2.22. The Balaban J connectivity index is 1.78. The molecular formula is C17H12FN2O4S-. The molecular weight excluding hydrogens is 347 g/mol. The summed E-state index contributed by atoms with van der Waals surface area (Å²) < 4.78 is 27.9. The standard InChI is InChI=1S/C17H13FN2O4S/c1-23-13-7-4-11(16(21)22)9-14(13)24-17-19-15(20-25-17)8-10-2-5-12(18)6-3-10/h2-7,9H,8H2,1H3,(H,21,22)/p-1. The molecule has 1 aromatic heterocycles. The highest BCUT2D eigenvalue weighted by atomic mass is 32.1. The second kappa shape index (κ2) is 7.27. The van der Waals surface area contributed by atoms with Gasteiger partial charge in [-0.2, -0.15) is 9.36 Å². The second-order valence-electron chi connectivity index (χ2n) is 5.03. The zero-order valence-electron chi connectivity index (χ0n) is 13.1. The van der Waals surface area contributed by atoms with Crippen molar-refractivity contribution in [2.45, 2.75) is 6.42 Å². The Hall–Kier alpha value is -3.00. The Morgan fingerprint density at radius 3 is 2.64 bits per heavy atom. The van der Waals surface area contributed by atoms with Crippen molar-refractivity contribution in [3.05, 3.63) is 65.2 Å². The number of carboxylic acids is 1. The van der Waals surface area contributed by atoms with E-state index in [9.17, 15) is 14.3 Å². The van der Waals surface area contributed by atoms with Gasteiger partial charge in [0.15, 0.2) is 17.3 Å². The Bertz CT molecular complexity index is 896. The van der Waals surface area contributed by atoms with Crippen molar-refractivity contribution in [3.8, 4) is 16.7 Å². The van der Waals surface area contributed by atoms with E-state index in [-0.39, 0.29) is 22.3 Å². The van der Waals surface area contributed by atoms with Crippen LogP contribution in [-0.2, 0) is 6.42 Å². The number of carboxylic acid groups (broad SMARTS) is 1. The second-order valence-corrected chi connectivity index (χ2v) is 5.75. The molecule has 0 radical (unpaired) electrons. The molecule has 2 aromatic carbocycles. The molecule has 0 saturated carbocycles. The number of halogens is 1.